The fourth-order valence-corrected chi connectivity index (χ4v) is 1.68. The van der Waals surface area contributed by atoms with E-state index in [1.807, 2.05) is 19.1 Å². The summed E-state index contributed by atoms with van der Waals surface area (Å²) in [6.45, 7) is 1.90. The van der Waals surface area contributed by atoms with Gasteiger partial charge >= 0.3 is 5.97 Å². The van der Waals surface area contributed by atoms with Crippen LogP contribution in [0, 0.1) is 12.7 Å². The fourth-order valence-electron chi connectivity index (χ4n) is 1.68. The number of hydrogen-bond donors (Lipinski definition) is 1. The first kappa shape index (κ1) is 13.8. The summed E-state index contributed by atoms with van der Waals surface area (Å²) >= 11 is 0. The summed E-state index contributed by atoms with van der Waals surface area (Å²) in [6, 6.07) is 11.1. The molecule has 0 aliphatic carbocycles. The average Bonchev–Trinajstić information content (AvgIpc) is 2.41. The molecule has 0 atom stereocenters. The molecule has 0 bridgehead atoms. The molecule has 0 spiro atoms. The van der Waals surface area contributed by atoms with Crippen molar-refractivity contribution >= 4 is 12.0 Å². The van der Waals surface area contributed by atoms with Gasteiger partial charge in [0.25, 0.3) is 0 Å². The first-order valence-electron chi connectivity index (χ1n) is 6.00. The highest BCUT2D eigenvalue weighted by atomic mass is 19.1. The van der Waals surface area contributed by atoms with Crippen LogP contribution in [0.15, 0.2) is 48.5 Å². The number of carbonyl (C=O) groups is 1. The first-order chi connectivity index (χ1) is 9.54. The van der Waals surface area contributed by atoms with E-state index in [1.165, 1.54) is 30.3 Å². The van der Waals surface area contributed by atoms with Crippen LogP contribution in [0.3, 0.4) is 0 Å². The van der Waals surface area contributed by atoms with Crippen molar-refractivity contribution in [1.82, 2.24) is 0 Å². The molecule has 0 unspecified atom stereocenters. The Morgan fingerprint density at radius 2 is 1.90 bits per heavy atom. The van der Waals surface area contributed by atoms with Gasteiger partial charge in [-0.2, -0.15) is 0 Å². The molecular formula is C16H13FO3. The zero-order chi connectivity index (χ0) is 14.5. The minimum Gasteiger partial charge on any atom is -0.478 e. The molecule has 0 aliphatic heterocycles. The van der Waals surface area contributed by atoms with Crippen molar-refractivity contribution in [2.45, 2.75) is 6.92 Å². The Balaban J connectivity index is 2.30. The second-order valence-corrected chi connectivity index (χ2v) is 4.27. The number of halogens is 1. The van der Waals surface area contributed by atoms with Gasteiger partial charge in [0.05, 0.1) is 0 Å². The molecule has 0 amide bonds. The van der Waals surface area contributed by atoms with Crippen LogP contribution >= 0.6 is 0 Å². The highest BCUT2D eigenvalue weighted by molar-refractivity contribution is 5.86. The Hall–Kier alpha value is -2.62. The Morgan fingerprint density at radius 1 is 1.20 bits per heavy atom. The summed E-state index contributed by atoms with van der Waals surface area (Å²) in [4.78, 5) is 10.6. The van der Waals surface area contributed by atoms with Gasteiger partial charge in [-0.25, -0.2) is 9.18 Å². The van der Waals surface area contributed by atoms with Gasteiger partial charge in [-0.3, -0.25) is 0 Å². The Labute approximate surface area is 115 Å². The zero-order valence-electron chi connectivity index (χ0n) is 10.8. The lowest BCUT2D eigenvalue weighted by Crippen LogP contribution is -1.90. The van der Waals surface area contributed by atoms with Crippen molar-refractivity contribution in [2.24, 2.45) is 0 Å². The molecule has 4 heteroatoms. The van der Waals surface area contributed by atoms with E-state index in [4.69, 9.17) is 9.84 Å². The second kappa shape index (κ2) is 6.02. The summed E-state index contributed by atoms with van der Waals surface area (Å²) in [6.07, 6.45) is 2.51. The maximum atomic E-state index is 12.8. The Morgan fingerprint density at radius 3 is 2.55 bits per heavy atom. The molecule has 0 aliphatic rings. The standard InChI is InChI=1S/C16H13FO3/c1-11-2-8-15(12(10-11)3-9-16(18)19)20-14-6-4-13(17)5-7-14/h2-10H,1H3,(H,18,19)/b9-3+. The van der Waals surface area contributed by atoms with Crippen molar-refractivity contribution in [3.63, 3.8) is 0 Å². The van der Waals surface area contributed by atoms with Crippen LogP contribution in [-0.2, 0) is 4.79 Å². The minimum atomic E-state index is -1.03. The van der Waals surface area contributed by atoms with E-state index in [2.05, 4.69) is 0 Å². The van der Waals surface area contributed by atoms with Crippen molar-refractivity contribution in [2.75, 3.05) is 0 Å². The van der Waals surface area contributed by atoms with Crippen molar-refractivity contribution in [3.8, 4) is 11.5 Å². The number of carboxylic acid groups (broad SMARTS) is 1. The van der Waals surface area contributed by atoms with Gasteiger partial charge in [0, 0.05) is 11.6 Å². The maximum absolute atomic E-state index is 12.8. The van der Waals surface area contributed by atoms with Crippen LogP contribution in [-0.4, -0.2) is 11.1 Å². The van der Waals surface area contributed by atoms with E-state index in [1.54, 1.807) is 6.07 Å². The minimum absolute atomic E-state index is 0.341. The van der Waals surface area contributed by atoms with E-state index in [0.717, 1.165) is 11.6 Å². The third-order valence-electron chi connectivity index (χ3n) is 2.61. The number of benzene rings is 2. The molecule has 2 aromatic carbocycles. The molecule has 2 aromatic rings. The van der Waals surface area contributed by atoms with Crippen LogP contribution in [0.5, 0.6) is 11.5 Å². The Kier molecular flexibility index (Phi) is 4.15. The molecule has 0 fully saturated rings. The van der Waals surface area contributed by atoms with Crippen molar-refractivity contribution < 1.29 is 19.0 Å². The smallest absolute Gasteiger partial charge is 0.328 e. The largest absolute Gasteiger partial charge is 0.478 e. The van der Waals surface area contributed by atoms with Crippen LogP contribution in [0.2, 0.25) is 0 Å². The second-order valence-electron chi connectivity index (χ2n) is 4.27. The van der Waals surface area contributed by atoms with Crippen LogP contribution in [0.1, 0.15) is 11.1 Å². The normalized spacial score (nSPS) is 10.7. The summed E-state index contributed by atoms with van der Waals surface area (Å²) in [5, 5.41) is 8.69. The number of aliphatic carboxylic acids is 1. The highest BCUT2D eigenvalue weighted by Gasteiger charge is 2.04. The molecular weight excluding hydrogens is 259 g/mol. The monoisotopic (exact) mass is 272 g/mol. The van der Waals surface area contributed by atoms with E-state index in [-0.39, 0.29) is 5.82 Å². The number of hydrogen-bond acceptors (Lipinski definition) is 2. The molecule has 0 saturated carbocycles. The number of carboxylic acids is 1. The maximum Gasteiger partial charge on any atom is 0.328 e. The summed E-state index contributed by atoms with van der Waals surface area (Å²) < 4.78 is 18.5. The molecule has 2 rings (SSSR count). The zero-order valence-corrected chi connectivity index (χ0v) is 10.8. The fraction of sp³-hybridized carbons (Fsp3) is 0.0625. The molecule has 0 heterocycles. The number of rotatable bonds is 4. The lowest BCUT2D eigenvalue weighted by molar-refractivity contribution is -0.131. The van der Waals surface area contributed by atoms with E-state index in [0.29, 0.717) is 17.1 Å². The highest BCUT2D eigenvalue weighted by Crippen LogP contribution is 2.27. The van der Waals surface area contributed by atoms with Gasteiger partial charge in [0.1, 0.15) is 17.3 Å². The molecule has 0 aromatic heterocycles. The predicted octanol–water partition coefficient (Wildman–Crippen LogP) is 4.02. The Bertz CT molecular complexity index is 645. The third-order valence-corrected chi connectivity index (χ3v) is 2.61. The number of ether oxygens (including phenoxy) is 1. The molecule has 0 radical (unpaired) electrons. The van der Waals surface area contributed by atoms with Crippen LogP contribution in [0.25, 0.3) is 6.08 Å². The molecule has 3 nitrogen and oxygen atoms in total. The van der Waals surface area contributed by atoms with E-state index in [9.17, 15) is 9.18 Å². The summed E-state index contributed by atoms with van der Waals surface area (Å²) in [5.41, 5.74) is 1.64. The van der Waals surface area contributed by atoms with Gasteiger partial charge in [0.2, 0.25) is 0 Å². The van der Waals surface area contributed by atoms with Gasteiger partial charge in [-0.05, 0) is 49.4 Å². The molecule has 1 N–H and O–H groups in total. The van der Waals surface area contributed by atoms with Gasteiger partial charge in [-0.15, -0.1) is 0 Å². The van der Waals surface area contributed by atoms with Gasteiger partial charge in [0.15, 0.2) is 0 Å². The SMILES string of the molecule is Cc1ccc(Oc2ccc(F)cc2)c(/C=C/C(=O)O)c1. The topological polar surface area (TPSA) is 46.5 Å². The quantitative estimate of drug-likeness (QED) is 0.855. The van der Waals surface area contributed by atoms with Crippen LogP contribution in [0.4, 0.5) is 4.39 Å². The van der Waals surface area contributed by atoms with E-state index >= 15 is 0 Å². The predicted molar refractivity (Wildman–Crippen MR) is 74.3 cm³/mol. The van der Waals surface area contributed by atoms with Gasteiger partial charge < -0.3 is 9.84 Å². The third kappa shape index (κ3) is 3.68. The lowest BCUT2D eigenvalue weighted by atomic mass is 10.1. The van der Waals surface area contributed by atoms with Gasteiger partial charge in [-0.1, -0.05) is 11.6 Å². The summed E-state index contributed by atoms with van der Waals surface area (Å²) in [7, 11) is 0. The van der Waals surface area contributed by atoms with Crippen molar-refractivity contribution in [1.29, 1.82) is 0 Å². The average molecular weight is 272 g/mol. The van der Waals surface area contributed by atoms with Crippen LogP contribution < -0.4 is 4.74 Å². The molecule has 20 heavy (non-hydrogen) atoms. The van der Waals surface area contributed by atoms with E-state index < -0.39 is 5.97 Å². The van der Waals surface area contributed by atoms with Crippen molar-refractivity contribution in [3.05, 3.63) is 65.5 Å². The molecule has 0 saturated heterocycles. The summed E-state index contributed by atoms with van der Waals surface area (Å²) in [5.74, 6) is -0.369. The number of aryl methyl sites for hydroxylation is 1. The first-order valence-corrected chi connectivity index (χ1v) is 6.00. The lowest BCUT2D eigenvalue weighted by Gasteiger charge is -2.09. The molecule has 102 valence electrons.